The van der Waals surface area contributed by atoms with E-state index in [1.807, 2.05) is 13.8 Å². The van der Waals surface area contributed by atoms with E-state index in [1.54, 1.807) is 4.90 Å². The molecule has 0 aromatic heterocycles. The Balaban J connectivity index is 1.86. The van der Waals surface area contributed by atoms with Gasteiger partial charge in [0.25, 0.3) is 5.91 Å². The molecule has 0 aliphatic carbocycles. The predicted molar refractivity (Wildman–Crippen MR) is 100 cm³/mol. The fourth-order valence-electron chi connectivity index (χ4n) is 2.91. The van der Waals surface area contributed by atoms with E-state index >= 15 is 0 Å². The fourth-order valence-corrected chi connectivity index (χ4v) is 2.91. The van der Waals surface area contributed by atoms with Crippen LogP contribution in [0.4, 0.5) is 18.0 Å². The van der Waals surface area contributed by atoms with Crippen LogP contribution in [0.15, 0.2) is 24.3 Å². The summed E-state index contributed by atoms with van der Waals surface area (Å²) in [4.78, 5) is 39.2. The van der Waals surface area contributed by atoms with Crippen molar-refractivity contribution < 1.29 is 27.6 Å². The summed E-state index contributed by atoms with van der Waals surface area (Å²) in [5.74, 6) is -0.910. The third-order valence-electron chi connectivity index (χ3n) is 4.41. The quantitative estimate of drug-likeness (QED) is 0.772. The highest BCUT2D eigenvalue weighted by atomic mass is 19.4. The van der Waals surface area contributed by atoms with Crippen LogP contribution >= 0.6 is 0 Å². The van der Waals surface area contributed by atoms with Crippen LogP contribution in [0.2, 0.25) is 0 Å². The molecule has 0 radical (unpaired) electrons. The molecule has 4 amide bonds. The first-order valence-corrected chi connectivity index (χ1v) is 9.33. The highest BCUT2D eigenvalue weighted by Crippen LogP contribution is 2.32. The Hall–Kier alpha value is -2.62. The topological polar surface area (TPSA) is 81.8 Å². The number of carbonyl (C=O) groups is 3. The normalized spacial score (nSPS) is 15.3. The van der Waals surface area contributed by atoms with Crippen molar-refractivity contribution in [1.29, 1.82) is 0 Å². The van der Waals surface area contributed by atoms with E-state index in [-0.39, 0.29) is 31.1 Å². The van der Waals surface area contributed by atoms with Gasteiger partial charge < -0.3 is 10.2 Å². The smallest absolute Gasteiger partial charge is 0.338 e. The predicted octanol–water partition coefficient (Wildman–Crippen LogP) is 1.95. The second kappa shape index (κ2) is 9.73. The van der Waals surface area contributed by atoms with Crippen molar-refractivity contribution in [2.45, 2.75) is 20.0 Å². The van der Waals surface area contributed by atoms with Gasteiger partial charge in [-0.05, 0) is 18.1 Å². The molecule has 0 unspecified atom stereocenters. The maximum Gasteiger partial charge on any atom is 0.417 e. The Morgan fingerprint density at radius 3 is 2.28 bits per heavy atom. The fraction of sp³-hybridized carbons (Fsp3) is 0.526. The van der Waals surface area contributed by atoms with E-state index in [9.17, 15) is 27.6 Å². The lowest BCUT2D eigenvalue weighted by Crippen LogP contribution is -2.52. The van der Waals surface area contributed by atoms with Crippen molar-refractivity contribution in [2.24, 2.45) is 5.92 Å². The number of nitrogens with one attached hydrogen (secondary N) is 2. The maximum absolute atomic E-state index is 13.1. The number of nitrogens with zero attached hydrogens (tertiary/aromatic N) is 2. The summed E-state index contributed by atoms with van der Waals surface area (Å²) < 4.78 is 39.4. The van der Waals surface area contributed by atoms with Gasteiger partial charge in [0, 0.05) is 32.7 Å². The first-order valence-electron chi connectivity index (χ1n) is 9.33. The molecule has 0 bridgehead atoms. The molecule has 0 atom stereocenters. The van der Waals surface area contributed by atoms with Gasteiger partial charge in [-0.2, -0.15) is 13.2 Å². The lowest BCUT2D eigenvalue weighted by Gasteiger charge is -2.34. The van der Waals surface area contributed by atoms with Gasteiger partial charge >= 0.3 is 12.2 Å². The molecule has 1 aromatic carbocycles. The second-order valence-electron chi connectivity index (χ2n) is 7.26. The van der Waals surface area contributed by atoms with Gasteiger partial charge in [0.05, 0.1) is 17.7 Å². The number of hydrogen-bond acceptors (Lipinski definition) is 4. The summed E-state index contributed by atoms with van der Waals surface area (Å²) in [6, 6.07) is 4.13. The standard InChI is InChI=1S/C19H25F3N4O3/c1-13(2)11-23-18(29)24-16(27)12-25-7-9-26(10-8-25)17(28)14-5-3-4-6-15(14)19(20,21)22/h3-6,13H,7-12H2,1-2H3,(H2,23,24,27,29). The number of benzene rings is 1. The van der Waals surface area contributed by atoms with E-state index in [2.05, 4.69) is 10.6 Å². The first-order chi connectivity index (χ1) is 13.6. The maximum atomic E-state index is 13.1. The molecule has 1 fully saturated rings. The highest BCUT2D eigenvalue weighted by molar-refractivity contribution is 5.96. The second-order valence-corrected chi connectivity index (χ2v) is 7.26. The molecule has 10 heteroatoms. The zero-order valence-electron chi connectivity index (χ0n) is 16.4. The number of piperazine rings is 1. The van der Waals surface area contributed by atoms with Crippen LogP contribution in [0.5, 0.6) is 0 Å². The average Bonchev–Trinajstić information content (AvgIpc) is 2.65. The first kappa shape index (κ1) is 22.7. The Bertz CT molecular complexity index is 744. The summed E-state index contributed by atoms with van der Waals surface area (Å²) in [5, 5.41) is 4.80. The number of hydrogen-bond donors (Lipinski definition) is 2. The zero-order chi connectivity index (χ0) is 21.6. The van der Waals surface area contributed by atoms with Crippen LogP contribution in [0, 0.1) is 5.92 Å². The Morgan fingerprint density at radius 1 is 1.07 bits per heavy atom. The molecule has 0 spiro atoms. The monoisotopic (exact) mass is 414 g/mol. The van der Waals surface area contributed by atoms with Gasteiger partial charge in [-0.1, -0.05) is 26.0 Å². The van der Waals surface area contributed by atoms with E-state index in [1.165, 1.54) is 23.1 Å². The molecule has 7 nitrogen and oxygen atoms in total. The molecule has 0 saturated carbocycles. The molecule has 160 valence electrons. The van der Waals surface area contributed by atoms with E-state index < -0.39 is 29.6 Å². The Kier molecular flexibility index (Phi) is 7.60. The summed E-state index contributed by atoms with van der Waals surface area (Å²) in [7, 11) is 0. The lowest BCUT2D eigenvalue weighted by atomic mass is 10.1. The van der Waals surface area contributed by atoms with Crippen molar-refractivity contribution >= 4 is 17.8 Å². The number of imide groups is 1. The minimum atomic E-state index is -4.61. The third kappa shape index (κ3) is 6.74. The van der Waals surface area contributed by atoms with Crippen LogP contribution in [0.25, 0.3) is 0 Å². The molecule has 1 heterocycles. The van der Waals surface area contributed by atoms with Gasteiger partial charge in [0.15, 0.2) is 0 Å². The molecule has 2 rings (SSSR count). The van der Waals surface area contributed by atoms with Crippen molar-refractivity contribution in [3.05, 3.63) is 35.4 Å². The minimum absolute atomic E-state index is 0.0315. The lowest BCUT2D eigenvalue weighted by molar-refractivity contribution is -0.138. The Labute approximate surface area is 167 Å². The molecule has 2 N–H and O–H groups in total. The summed E-state index contributed by atoms with van der Waals surface area (Å²) >= 11 is 0. The number of halogens is 3. The molecule has 1 aliphatic heterocycles. The number of urea groups is 1. The van der Waals surface area contributed by atoms with Crippen LogP contribution in [0.3, 0.4) is 0 Å². The summed E-state index contributed by atoms with van der Waals surface area (Å²) in [6.45, 7) is 5.29. The van der Waals surface area contributed by atoms with Crippen LogP contribution < -0.4 is 10.6 Å². The molecular formula is C19H25F3N4O3. The van der Waals surface area contributed by atoms with Crippen LogP contribution in [0.1, 0.15) is 29.8 Å². The van der Waals surface area contributed by atoms with Crippen molar-refractivity contribution in [3.63, 3.8) is 0 Å². The van der Waals surface area contributed by atoms with E-state index in [4.69, 9.17) is 0 Å². The van der Waals surface area contributed by atoms with Gasteiger partial charge in [-0.3, -0.25) is 19.8 Å². The van der Waals surface area contributed by atoms with Crippen molar-refractivity contribution in [3.8, 4) is 0 Å². The van der Waals surface area contributed by atoms with Gasteiger partial charge in [-0.25, -0.2) is 4.79 Å². The van der Waals surface area contributed by atoms with Crippen LogP contribution in [-0.2, 0) is 11.0 Å². The van der Waals surface area contributed by atoms with Gasteiger partial charge in [0.2, 0.25) is 5.91 Å². The molecule has 1 aromatic rings. The molecular weight excluding hydrogens is 389 g/mol. The zero-order valence-corrected chi connectivity index (χ0v) is 16.4. The molecule has 1 saturated heterocycles. The molecule has 29 heavy (non-hydrogen) atoms. The van der Waals surface area contributed by atoms with Crippen molar-refractivity contribution in [1.82, 2.24) is 20.4 Å². The number of amides is 4. The molecule has 1 aliphatic rings. The van der Waals surface area contributed by atoms with E-state index in [0.29, 0.717) is 19.6 Å². The van der Waals surface area contributed by atoms with Gasteiger partial charge in [0.1, 0.15) is 0 Å². The highest BCUT2D eigenvalue weighted by Gasteiger charge is 2.36. The number of alkyl halides is 3. The number of carbonyl (C=O) groups excluding carboxylic acids is 3. The number of rotatable bonds is 5. The van der Waals surface area contributed by atoms with Crippen LogP contribution in [-0.4, -0.2) is 66.9 Å². The SMILES string of the molecule is CC(C)CNC(=O)NC(=O)CN1CCN(C(=O)c2ccccc2C(F)(F)F)CC1. The average molecular weight is 414 g/mol. The summed E-state index contributed by atoms with van der Waals surface area (Å²) in [5.41, 5.74) is -1.34. The van der Waals surface area contributed by atoms with E-state index in [0.717, 1.165) is 6.07 Å². The Morgan fingerprint density at radius 2 is 1.69 bits per heavy atom. The largest absolute Gasteiger partial charge is 0.417 e. The van der Waals surface area contributed by atoms with Gasteiger partial charge in [-0.15, -0.1) is 0 Å². The summed E-state index contributed by atoms with van der Waals surface area (Å²) in [6.07, 6.45) is -4.61. The van der Waals surface area contributed by atoms with Crippen molar-refractivity contribution in [2.75, 3.05) is 39.3 Å². The minimum Gasteiger partial charge on any atom is -0.338 e. The third-order valence-corrected chi connectivity index (χ3v) is 4.41.